The number of amides is 2. The lowest BCUT2D eigenvalue weighted by Gasteiger charge is -2.34. The van der Waals surface area contributed by atoms with Crippen molar-refractivity contribution in [2.45, 2.75) is 0 Å². The maximum atomic E-state index is 13.7. The van der Waals surface area contributed by atoms with E-state index in [1.807, 2.05) is 0 Å². The second-order valence-corrected chi connectivity index (χ2v) is 6.09. The molecule has 6 nitrogen and oxygen atoms in total. The van der Waals surface area contributed by atoms with Crippen LogP contribution in [0.4, 0.5) is 8.78 Å². The standard InChI is InChI=1S/C15H13F2N3O3S/c16-9-2-1-3-10(17)12(9)14(22)20-6-4-19(5-7-20)13(21)11-8-24-15(23)18-11/h1-3,8H,4-7H2,(H,18,23). The predicted octanol–water partition coefficient (Wildman–Crippen LogP) is 1.31. The molecule has 0 unspecified atom stereocenters. The molecule has 1 fully saturated rings. The van der Waals surface area contributed by atoms with Gasteiger partial charge in [-0.25, -0.2) is 8.78 Å². The fraction of sp³-hybridized carbons (Fsp3) is 0.267. The minimum atomic E-state index is -0.908. The number of rotatable bonds is 2. The zero-order valence-electron chi connectivity index (χ0n) is 12.4. The van der Waals surface area contributed by atoms with Crippen molar-refractivity contribution in [1.82, 2.24) is 14.8 Å². The van der Waals surface area contributed by atoms with Gasteiger partial charge in [0.15, 0.2) is 0 Å². The van der Waals surface area contributed by atoms with Gasteiger partial charge in [0.1, 0.15) is 22.9 Å². The normalized spacial score (nSPS) is 14.8. The highest BCUT2D eigenvalue weighted by atomic mass is 32.1. The van der Waals surface area contributed by atoms with Crippen LogP contribution >= 0.6 is 11.3 Å². The third-order valence-electron chi connectivity index (χ3n) is 3.78. The monoisotopic (exact) mass is 353 g/mol. The smallest absolute Gasteiger partial charge is 0.305 e. The summed E-state index contributed by atoms with van der Waals surface area (Å²) in [7, 11) is 0. The molecule has 1 aliphatic heterocycles. The molecule has 1 aromatic carbocycles. The average Bonchev–Trinajstić information content (AvgIpc) is 3.00. The zero-order valence-corrected chi connectivity index (χ0v) is 13.2. The van der Waals surface area contributed by atoms with Crippen LogP contribution in [0.2, 0.25) is 0 Å². The van der Waals surface area contributed by atoms with Crippen LogP contribution in [0.1, 0.15) is 20.8 Å². The molecule has 0 radical (unpaired) electrons. The lowest BCUT2D eigenvalue weighted by atomic mass is 10.1. The van der Waals surface area contributed by atoms with E-state index in [2.05, 4.69) is 4.98 Å². The number of aromatic amines is 1. The number of aromatic nitrogens is 1. The average molecular weight is 353 g/mol. The Morgan fingerprint density at radius 2 is 1.54 bits per heavy atom. The van der Waals surface area contributed by atoms with Crippen molar-refractivity contribution in [3.8, 4) is 0 Å². The Morgan fingerprint density at radius 3 is 2.04 bits per heavy atom. The number of carbonyl (C=O) groups excluding carboxylic acids is 2. The molecule has 0 spiro atoms. The fourth-order valence-electron chi connectivity index (χ4n) is 2.53. The molecule has 0 atom stereocenters. The van der Waals surface area contributed by atoms with Crippen LogP contribution in [-0.4, -0.2) is 52.8 Å². The predicted molar refractivity (Wildman–Crippen MR) is 83.1 cm³/mol. The summed E-state index contributed by atoms with van der Waals surface area (Å²) >= 11 is 0.896. The summed E-state index contributed by atoms with van der Waals surface area (Å²) < 4.78 is 27.4. The molecule has 1 aliphatic rings. The molecular formula is C15H13F2N3O3S. The largest absolute Gasteiger partial charge is 0.335 e. The van der Waals surface area contributed by atoms with E-state index in [1.165, 1.54) is 21.2 Å². The summed E-state index contributed by atoms with van der Waals surface area (Å²) in [6.07, 6.45) is 0. The van der Waals surface area contributed by atoms with Crippen molar-refractivity contribution in [2.24, 2.45) is 0 Å². The first kappa shape index (κ1) is 16.3. The van der Waals surface area contributed by atoms with E-state index in [-0.39, 0.29) is 42.7 Å². The molecule has 9 heteroatoms. The van der Waals surface area contributed by atoms with Crippen molar-refractivity contribution in [1.29, 1.82) is 0 Å². The topological polar surface area (TPSA) is 73.5 Å². The number of H-pyrrole nitrogens is 1. The maximum Gasteiger partial charge on any atom is 0.305 e. The van der Waals surface area contributed by atoms with Crippen molar-refractivity contribution in [3.05, 3.63) is 56.1 Å². The Balaban J connectivity index is 1.68. The van der Waals surface area contributed by atoms with Crippen molar-refractivity contribution >= 4 is 23.2 Å². The summed E-state index contributed by atoms with van der Waals surface area (Å²) in [5, 5.41) is 1.44. The first-order valence-corrected chi connectivity index (χ1v) is 8.05. The second kappa shape index (κ2) is 6.52. The maximum absolute atomic E-state index is 13.7. The number of hydrogen-bond acceptors (Lipinski definition) is 4. The summed E-state index contributed by atoms with van der Waals surface area (Å²) in [4.78, 5) is 40.5. The van der Waals surface area contributed by atoms with Gasteiger partial charge in [-0.2, -0.15) is 0 Å². The van der Waals surface area contributed by atoms with E-state index in [4.69, 9.17) is 0 Å². The number of nitrogens with zero attached hydrogens (tertiary/aromatic N) is 2. The number of halogens is 2. The van der Waals surface area contributed by atoms with Gasteiger partial charge in [-0.15, -0.1) is 0 Å². The van der Waals surface area contributed by atoms with Gasteiger partial charge in [0, 0.05) is 31.6 Å². The van der Waals surface area contributed by atoms with Gasteiger partial charge in [0.25, 0.3) is 11.8 Å². The SMILES string of the molecule is O=C(c1csc(=O)[nH]1)N1CCN(C(=O)c2c(F)cccc2F)CC1. The van der Waals surface area contributed by atoms with Gasteiger partial charge in [0.05, 0.1) is 0 Å². The number of piperazine rings is 1. The number of carbonyl (C=O) groups is 2. The van der Waals surface area contributed by atoms with Crippen LogP contribution in [0.3, 0.4) is 0 Å². The lowest BCUT2D eigenvalue weighted by Crippen LogP contribution is -2.51. The number of thiazole rings is 1. The van der Waals surface area contributed by atoms with Crippen LogP contribution < -0.4 is 4.87 Å². The molecule has 0 saturated carbocycles. The number of hydrogen-bond donors (Lipinski definition) is 1. The highest BCUT2D eigenvalue weighted by Gasteiger charge is 2.28. The number of nitrogens with one attached hydrogen (secondary N) is 1. The molecule has 126 valence electrons. The van der Waals surface area contributed by atoms with Crippen molar-refractivity contribution in [3.63, 3.8) is 0 Å². The van der Waals surface area contributed by atoms with E-state index >= 15 is 0 Å². The quantitative estimate of drug-likeness (QED) is 0.885. The summed E-state index contributed by atoms with van der Waals surface area (Å²) in [5.41, 5.74) is -0.385. The van der Waals surface area contributed by atoms with E-state index in [0.29, 0.717) is 0 Å². The molecule has 2 amide bonds. The van der Waals surface area contributed by atoms with Crippen molar-refractivity contribution < 1.29 is 18.4 Å². The first-order valence-electron chi connectivity index (χ1n) is 7.17. The van der Waals surface area contributed by atoms with Gasteiger partial charge in [-0.05, 0) is 12.1 Å². The minimum absolute atomic E-state index is 0.159. The summed E-state index contributed by atoms with van der Waals surface area (Å²) in [6.45, 7) is 0.760. The minimum Gasteiger partial charge on any atom is -0.335 e. The van der Waals surface area contributed by atoms with Gasteiger partial charge < -0.3 is 14.8 Å². The van der Waals surface area contributed by atoms with E-state index in [0.717, 1.165) is 23.5 Å². The highest BCUT2D eigenvalue weighted by molar-refractivity contribution is 7.07. The van der Waals surface area contributed by atoms with Crippen LogP contribution in [0.15, 0.2) is 28.4 Å². The van der Waals surface area contributed by atoms with Crippen LogP contribution in [0, 0.1) is 11.6 Å². The van der Waals surface area contributed by atoms with E-state index in [9.17, 15) is 23.2 Å². The Morgan fingerprint density at radius 1 is 1.00 bits per heavy atom. The van der Waals surface area contributed by atoms with Gasteiger partial charge >= 0.3 is 4.87 Å². The van der Waals surface area contributed by atoms with Crippen LogP contribution in [0.5, 0.6) is 0 Å². The molecule has 1 N–H and O–H groups in total. The molecule has 1 saturated heterocycles. The van der Waals surface area contributed by atoms with Crippen LogP contribution in [-0.2, 0) is 0 Å². The third kappa shape index (κ3) is 3.07. The first-order chi connectivity index (χ1) is 11.5. The fourth-order valence-corrected chi connectivity index (χ4v) is 3.08. The van der Waals surface area contributed by atoms with E-state index < -0.39 is 23.1 Å². The molecule has 3 rings (SSSR count). The second-order valence-electron chi connectivity index (χ2n) is 5.24. The molecule has 1 aromatic heterocycles. The molecular weight excluding hydrogens is 340 g/mol. The molecule has 0 aliphatic carbocycles. The molecule has 2 heterocycles. The number of benzene rings is 1. The Labute approximate surface area is 139 Å². The Kier molecular flexibility index (Phi) is 4.43. The van der Waals surface area contributed by atoms with Crippen LogP contribution in [0.25, 0.3) is 0 Å². The summed E-state index contributed by atoms with van der Waals surface area (Å²) in [5.74, 6) is -2.89. The third-order valence-corrected chi connectivity index (χ3v) is 4.45. The van der Waals surface area contributed by atoms with Gasteiger partial charge in [0.2, 0.25) is 0 Å². The van der Waals surface area contributed by atoms with Gasteiger partial charge in [-0.1, -0.05) is 17.4 Å². The molecule has 24 heavy (non-hydrogen) atoms. The summed E-state index contributed by atoms with van der Waals surface area (Å²) in [6, 6.07) is 3.26. The lowest BCUT2D eigenvalue weighted by molar-refractivity contribution is 0.0527. The Hall–Kier alpha value is -2.55. The van der Waals surface area contributed by atoms with E-state index in [1.54, 1.807) is 0 Å². The van der Waals surface area contributed by atoms with Crippen molar-refractivity contribution in [2.75, 3.05) is 26.2 Å². The Bertz CT molecular complexity index is 820. The molecule has 2 aromatic rings. The molecule has 0 bridgehead atoms. The zero-order chi connectivity index (χ0) is 17.3. The highest BCUT2D eigenvalue weighted by Crippen LogP contribution is 2.16. The van der Waals surface area contributed by atoms with Gasteiger partial charge in [-0.3, -0.25) is 14.4 Å².